The van der Waals surface area contributed by atoms with Crippen molar-refractivity contribution in [3.05, 3.63) is 65.4 Å². The predicted octanol–water partition coefficient (Wildman–Crippen LogP) is 5.30. The van der Waals surface area contributed by atoms with Crippen LogP contribution in [0.4, 0.5) is 0 Å². The van der Waals surface area contributed by atoms with Gasteiger partial charge in [-0.05, 0) is 50.2 Å². The Kier molecular flexibility index (Phi) is 7.13. The van der Waals surface area contributed by atoms with Crippen molar-refractivity contribution in [1.29, 1.82) is 0 Å². The van der Waals surface area contributed by atoms with E-state index in [4.69, 9.17) is 14.5 Å². The van der Waals surface area contributed by atoms with E-state index in [-0.39, 0.29) is 0 Å². The molecule has 2 aromatic heterocycles. The fourth-order valence-corrected chi connectivity index (χ4v) is 5.90. The highest BCUT2D eigenvalue weighted by atomic mass is 32.2. The quantitative estimate of drug-likeness (QED) is 0.293. The van der Waals surface area contributed by atoms with Crippen LogP contribution >= 0.6 is 23.1 Å². The standard InChI is InChI=1S/C25H27N5O2S2/c1-31-20-10-11-21(22(14-20)32-2)24-26-18(16-33-24)17-34-25-28-27-23(15-29-12-6-7-13-29)30(25)19-8-4-3-5-9-19/h3-5,8-11,14,16H,6-7,12-13,15,17H2,1-2H3. The topological polar surface area (TPSA) is 65.3 Å². The summed E-state index contributed by atoms with van der Waals surface area (Å²) in [5.41, 5.74) is 3.06. The van der Waals surface area contributed by atoms with Crippen LogP contribution < -0.4 is 9.47 Å². The van der Waals surface area contributed by atoms with E-state index >= 15 is 0 Å². The average molecular weight is 494 g/mol. The van der Waals surface area contributed by atoms with E-state index in [9.17, 15) is 0 Å². The summed E-state index contributed by atoms with van der Waals surface area (Å²) in [6.45, 7) is 3.07. The molecule has 0 unspecified atom stereocenters. The van der Waals surface area contributed by atoms with Crippen LogP contribution in [0.2, 0.25) is 0 Å². The summed E-state index contributed by atoms with van der Waals surface area (Å²) in [6, 6.07) is 16.2. The van der Waals surface area contributed by atoms with Gasteiger partial charge >= 0.3 is 0 Å². The molecular formula is C25H27N5O2S2. The molecule has 1 aliphatic rings. The van der Waals surface area contributed by atoms with Crippen LogP contribution in [0.5, 0.6) is 11.5 Å². The molecule has 7 nitrogen and oxygen atoms in total. The van der Waals surface area contributed by atoms with Crippen molar-refractivity contribution in [3.8, 4) is 27.8 Å². The molecule has 0 spiro atoms. The number of thiazole rings is 1. The SMILES string of the molecule is COc1ccc(-c2nc(CSc3nnc(CN4CCCC4)n3-c3ccccc3)cs2)c(OC)c1. The Balaban J connectivity index is 1.36. The van der Waals surface area contributed by atoms with Crippen molar-refractivity contribution in [3.63, 3.8) is 0 Å². The van der Waals surface area contributed by atoms with Crippen molar-refractivity contribution >= 4 is 23.1 Å². The Hall–Kier alpha value is -2.88. The lowest BCUT2D eigenvalue weighted by molar-refractivity contribution is 0.319. The number of thioether (sulfide) groups is 1. The van der Waals surface area contributed by atoms with Crippen LogP contribution in [0, 0.1) is 0 Å². The number of nitrogens with zero attached hydrogens (tertiary/aromatic N) is 5. The lowest BCUT2D eigenvalue weighted by atomic mass is 10.2. The lowest BCUT2D eigenvalue weighted by Crippen LogP contribution is -2.21. The molecule has 0 aliphatic carbocycles. The van der Waals surface area contributed by atoms with E-state index in [0.29, 0.717) is 5.75 Å². The first-order chi connectivity index (χ1) is 16.7. The Morgan fingerprint density at radius 3 is 2.59 bits per heavy atom. The maximum Gasteiger partial charge on any atom is 0.196 e. The largest absolute Gasteiger partial charge is 0.497 e. The lowest BCUT2D eigenvalue weighted by Gasteiger charge is -2.15. The first kappa shape index (κ1) is 22.9. The molecule has 5 rings (SSSR count). The Bertz CT molecular complexity index is 1240. The summed E-state index contributed by atoms with van der Waals surface area (Å²) >= 11 is 3.28. The van der Waals surface area contributed by atoms with Crippen LogP contribution in [0.1, 0.15) is 24.4 Å². The monoisotopic (exact) mass is 493 g/mol. The summed E-state index contributed by atoms with van der Waals surface area (Å²) in [6.07, 6.45) is 2.51. The number of rotatable bonds is 9. The number of likely N-dealkylation sites (tertiary alicyclic amines) is 1. The summed E-state index contributed by atoms with van der Waals surface area (Å²) < 4.78 is 13.1. The van der Waals surface area contributed by atoms with Gasteiger partial charge in [0, 0.05) is 22.9 Å². The van der Waals surface area contributed by atoms with Gasteiger partial charge in [-0.15, -0.1) is 21.5 Å². The van der Waals surface area contributed by atoms with Gasteiger partial charge in [0.1, 0.15) is 16.5 Å². The molecule has 4 aromatic rings. The zero-order valence-electron chi connectivity index (χ0n) is 19.3. The zero-order chi connectivity index (χ0) is 23.3. The second-order valence-corrected chi connectivity index (χ2v) is 9.85. The summed E-state index contributed by atoms with van der Waals surface area (Å²) in [4.78, 5) is 7.31. The predicted molar refractivity (Wildman–Crippen MR) is 136 cm³/mol. The second-order valence-electron chi connectivity index (χ2n) is 8.05. The minimum atomic E-state index is 0.712. The number of benzene rings is 2. The van der Waals surface area contributed by atoms with Crippen LogP contribution in [0.15, 0.2) is 59.1 Å². The molecule has 0 amide bonds. The molecule has 1 aliphatic heterocycles. The maximum absolute atomic E-state index is 5.56. The third-order valence-corrected chi connectivity index (χ3v) is 7.71. The van der Waals surface area contributed by atoms with Crippen molar-refractivity contribution < 1.29 is 9.47 Å². The molecule has 0 atom stereocenters. The third kappa shape index (κ3) is 4.96. The zero-order valence-corrected chi connectivity index (χ0v) is 20.9. The van der Waals surface area contributed by atoms with Crippen molar-refractivity contribution in [2.24, 2.45) is 0 Å². The Morgan fingerprint density at radius 2 is 1.82 bits per heavy atom. The van der Waals surface area contributed by atoms with E-state index in [0.717, 1.165) is 64.1 Å². The fourth-order valence-electron chi connectivity index (χ4n) is 4.08. The first-order valence-electron chi connectivity index (χ1n) is 11.3. The van der Waals surface area contributed by atoms with E-state index in [1.807, 2.05) is 24.3 Å². The van der Waals surface area contributed by atoms with Crippen molar-refractivity contribution in [1.82, 2.24) is 24.6 Å². The minimum absolute atomic E-state index is 0.712. The van der Waals surface area contributed by atoms with Gasteiger partial charge in [-0.25, -0.2) is 4.98 Å². The van der Waals surface area contributed by atoms with Gasteiger partial charge < -0.3 is 9.47 Å². The van der Waals surface area contributed by atoms with E-state index < -0.39 is 0 Å². The second kappa shape index (κ2) is 10.6. The van der Waals surface area contributed by atoms with Crippen LogP contribution in [-0.2, 0) is 12.3 Å². The molecule has 9 heteroatoms. The molecule has 0 N–H and O–H groups in total. The van der Waals surface area contributed by atoms with E-state index in [2.05, 4.69) is 49.3 Å². The number of para-hydroxylation sites is 1. The number of methoxy groups -OCH3 is 2. The average Bonchev–Trinajstić information content (AvgIpc) is 3.65. The molecule has 176 valence electrons. The van der Waals surface area contributed by atoms with E-state index in [1.54, 1.807) is 37.3 Å². The summed E-state index contributed by atoms with van der Waals surface area (Å²) in [7, 11) is 3.32. The molecule has 2 aromatic carbocycles. The Morgan fingerprint density at radius 1 is 1.00 bits per heavy atom. The first-order valence-corrected chi connectivity index (χ1v) is 13.1. The van der Waals surface area contributed by atoms with Gasteiger partial charge in [-0.2, -0.15) is 0 Å². The normalized spacial score (nSPS) is 13.9. The minimum Gasteiger partial charge on any atom is -0.497 e. The number of ether oxygens (including phenoxy) is 2. The van der Waals surface area contributed by atoms with Crippen molar-refractivity contribution in [2.45, 2.75) is 30.3 Å². The molecule has 0 saturated carbocycles. The van der Waals surface area contributed by atoms with Gasteiger partial charge in [0.2, 0.25) is 0 Å². The van der Waals surface area contributed by atoms with Gasteiger partial charge in [0.15, 0.2) is 11.0 Å². The molecule has 0 radical (unpaired) electrons. The molecule has 0 bridgehead atoms. The van der Waals surface area contributed by atoms with Gasteiger partial charge in [-0.1, -0.05) is 30.0 Å². The van der Waals surface area contributed by atoms with Gasteiger partial charge in [0.25, 0.3) is 0 Å². The highest BCUT2D eigenvalue weighted by Gasteiger charge is 2.20. The smallest absolute Gasteiger partial charge is 0.196 e. The summed E-state index contributed by atoms with van der Waals surface area (Å²) in [5.74, 6) is 3.21. The molecular weight excluding hydrogens is 466 g/mol. The molecule has 34 heavy (non-hydrogen) atoms. The number of aromatic nitrogens is 4. The van der Waals surface area contributed by atoms with Crippen LogP contribution in [0.25, 0.3) is 16.3 Å². The number of hydrogen-bond donors (Lipinski definition) is 0. The van der Waals surface area contributed by atoms with Crippen molar-refractivity contribution in [2.75, 3.05) is 27.3 Å². The van der Waals surface area contributed by atoms with Gasteiger partial charge in [-0.3, -0.25) is 9.47 Å². The highest BCUT2D eigenvalue weighted by molar-refractivity contribution is 7.98. The molecule has 3 heterocycles. The third-order valence-electron chi connectivity index (χ3n) is 5.82. The highest BCUT2D eigenvalue weighted by Crippen LogP contribution is 2.36. The molecule has 1 fully saturated rings. The fraction of sp³-hybridized carbons (Fsp3) is 0.320. The number of hydrogen-bond acceptors (Lipinski definition) is 8. The maximum atomic E-state index is 5.56. The molecule has 1 saturated heterocycles. The Labute approximate surface area is 207 Å². The van der Waals surface area contributed by atoms with Gasteiger partial charge in [0.05, 0.1) is 32.0 Å². The summed E-state index contributed by atoms with van der Waals surface area (Å²) in [5, 5.41) is 13.0. The van der Waals surface area contributed by atoms with Crippen LogP contribution in [-0.4, -0.2) is 52.0 Å². The van der Waals surface area contributed by atoms with Crippen LogP contribution in [0.3, 0.4) is 0 Å². The van der Waals surface area contributed by atoms with E-state index in [1.165, 1.54) is 12.8 Å².